The number of aromatic carboxylic acids is 1. The predicted octanol–water partition coefficient (Wildman–Crippen LogP) is 3.57. The van der Waals surface area contributed by atoms with Crippen LogP contribution in [0.5, 0.6) is 5.75 Å². The maximum absolute atomic E-state index is 13.0. The monoisotopic (exact) mass is 432 g/mol. The van der Waals surface area contributed by atoms with Crippen molar-refractivity contribution < 1.29 is 23.1 Å². The standard InChI is InChI=1S/C20H20N2O5S2/c1-27-17-7-6-14(12-15(17)20(23)24)29(25,26)22-10-8-13(9-11-22)19-21-16-4-2-3-5-18(16)28-19/h2-7,12-13H,8-11H2,1H3,(H,23,24). The molecule has 1 fully saturated rings. The van der Waals surface area contributed by atoms with Gasteiger partial charge in [-0.3, -0.25) is 0 Å². The topological polar surface area (TPSA) is 96.8 Å². The summed E-state index contributed by atoms with van der Waals surface area (Å²) in [4.78, 5) is 16.1. The van der Waals surface area contributed by atoms with Crippen molar-refractivity contribution in [1.29, 1.82) is 0 Å². The summed E-state index contributed by atoms with van der Waals surface area (Å²) in [6, 6.07) is 11.9. The Hall–Kier alpha value is -2.49. The van der Waals surface area contributed by atoms with Crippen molar-refractivity contribution in [3.05, 3.63) is 53.0 Å². The summed E-state index contributed by atoms with van der Waals surface area (Å²) in [5, 5.41) is 10.4. The lowest BCUT2D eigenvalue weighted by Gasteiger charge is -2.30. The summed E-state index contributed by atoms with van der Waals surface area (Å²) in [6.45, 7) is 0.745. The molecule has 1 aliphatic heterocycles. The van der Waals surface area contributed by atoms with Gasteiger partial charge in [-0.2, -0.15) is 4.31 Å². The van der Waals surface area contributed by atoms with E-state index in [1.165, 1.54) is 23.5 Å². The number of ether oxygens (including phenoxy) is 1. The summed E-state index contributed by atoms with van der Waals surface area (Å²) in [5.41, 5.74) is 0.805. The largest absolute Gasteiger partial charge is 0.496 e. The summed E-state index contributed by atoms with van der Waals surface area (Å²) in [6.07, 6.45) is 1.36. The molecule has 1 saturated heterocycles. The zero-order valence-electron chi connectivity index (χ0n) is 15.7. The number of nitrogens with zero attached hydrogens (tertiary/aromatic N) is 2. The minimum Gasteiger partial charge on any atom is -0.496 e. The molecule has 1 aromatic heterocycles. The van der Waals surface area contributed by atoms with Crippen molar-refractivity contribution in [2.24, 2.45) is 0 Å². The third-order valence-electron chi connectivity index (χ3n) is 5.15. The Balaban J connectivity index is 1.53. The fourth-order valence-electron chi connectivity index (χ4n) is 3.57. The molecule has 0 spiro atoms. The molecule has 4 rings (SSSR count). The molecule has 3 aromatic rings. The first kappa shape index (κ1) is 19.8. The number of carboxylic acid groups (broad SMARTS) is 1. The van der Waals surface area contributed by atoms with E-state index < -0.39 is 16.0 Å². The molecular weight excluding hydrogens is 412 g/mol. The number of fused-ring (bicyclic) bond motifs is 1. The van der Waals surface area contributed by atoms with E-state index in [1.807, 2.05) is 24.3 Å². The van der Waals surface area contributed by atoms with Crippen molar-refractivity contribution in [2.45, 2.75) is 23.7 Å². The fraction of sp³-hybridized carbons (Fsp3) is 0.300. The molecule has 2 heterocycles. The van der Waals surface area contributed by atoms with Crippen LogP contribution in [-0.2, 0) is 10.0 Å². The molecule has 0 amide bonds. The van der Waals surface area contributed by atoms with Crippen LogP contribution in [0, 0.1) is 0 Å². The van der Waals surface area contributed by atoms with Crippen molar-refractivity contribution in [1.82, 2.24) is 9.29 Å². The maximum Gasteiger partial charge on any atom is 0.339 e. The molecule has 152 valence electrons. The van der Waals surface area contributed by atoms with Crippen molar-refractivity contribution >= 4 is 37.5 Å². The first-order valence-electron chi connectivity index (χ1n) is 9.17. The van der Waals surface area contributed by atoms with Crippen LogP contribution in [-0.4, -0.2) is 49.0 Å². The lowest BCUT2D eigenvalue weighted by atomic mass is 9.99. The summed E-state index contributed by atoms with van der Waals surface area (Å²) >= 11 is 1.66. The van der Waals surface area contributed by atoms with Crippen molar-refractivity contribution in [2.75, 3.05) is 20.2 Å². The number of sulfonamides is 1. The van der Waals surface area contributed by atoms with E-state index in [4.69, 9.17) is 9.72 Å². The summed E-state index contributed by atoms with van der Waals surface area (Å²) in [5.74, 6) is -0.872. The smallest absolute Gasteiger partial charge is 0.339 e. The maximum atomic E-state index is 13.0. The van der Waals surface area contributed by atoms with Gasteiger partial charge in [0.1, 0.15) is 11.3 Å². The number of piperidine rings is 1. The number of benzene rings is 2. The molecule has 1 aliphatic rings. The van der Waals surface area contributed by atoms with Crippen LogP contribution in [0.15, 0.2) is 47.4 Å². The van der Waals surface area contributed by atoms with Crippen molar-refractivity contribution in [3.63, 3.8) is 0 Å². The number of aromatic nitrogens is 1. The van der Waals surface area contributed by atoms with Crippen LogP contribution in [0.2, 0.25) is 0 Å². The van der Waals surface area contributed by atoms with E-state index in [9.17, 15) is 18.3 Å². The van der Waals surface area contributed by atoms with E-state index in [0.29, 0.717) is 25.9 Å². The Labute approximate surface area is 172 Å². The highest BCUT2D eigenvalue weighted by Crippen LogP contribution is 2.35. The van der Waals surface area contributed by atoms with Gasteiger partial charge >= 0.3 is 5.97 Å². The molecular formula is C20H20N2O5S2. The average Bonchev–Trinajstić information content (AvgIpc) is 3.17. The molecule has 0 saturated carbocycles. The van der Waals surface area contributed by atoms with E-state index in [2.05, 4.69) is 0 Å². The number of thiazole rings is 1. The quantitative estimate of drug-likeness (QED) is 0.662. The number of methoxy groups -OCH3 is 1. The SMILES string of the molecule is COc1ccc(S(=O)(=O)N2CCC(c3nc4ccccc4s3)CC2)cc1C(=O)O. The molecule has 9 heteroatoms. The Morgan fingerprint density at radius 1 is 1.21 bits per heavy atom. The molecule has 0 bridgehead atoms. The molecule has 0 aliphatic carbocycles. The minimum absolute atomic E-state index is 0.0332. The van der Waals surface area contributed by atoms with Crippen LogP contribution in [0.1, 0.15) is 34.1 Å². The van der Waals surface area contributed by atoms with Crippen LogP contribution in [0.4, 0.5) is 0 Å². The summed E-state index contributed by atoms with van der Waals surface area (Å²) < 4.78 is 33.6. The van der Waals surface area contributed by atoms with Gasteiger partial charge in [0, 0.05) is 19.0 Å². The lowest BCUT2D eigenvalue weighted by molar-refractivity contribution is 0.0693. The minimum atomic E-state index is -3.78. The number of para-hydroxylation sites is 1. The molecule has 0 atom stereocenters. The third kappa shape index (κ3) is 3.73. The highest BCUT2D eigenvalue weighted by molar-refractivity contribution is 7.89. The Kier molecular flexibility index (Phi) is 5.28. The fourth-order valence-corrected chi connectivity index (χ4v) is 6.20. The highest BCUT2D eigenvalue weighted by atomic mass is 32.2. The molecule has 7 nitrogen and oxygen atoms in total. The second-order valence-electron chi connectivity index (χ2n) is 6.87. The molecule has 2 aromatic carbocycles. The number of hydrogen-bond donors (Lipinski definition) is 1. The number of carbonyl (C=O) groups is 1. The highest BCUT2D eigenvalue weighted by Gasteiger charge is 2.32. The lowest BCUT2D eigenvalue weighted by Crippen LogP contribution is -2.37. The Bertz CT molecular complexity index is 1130. The van der Waals surface area contributed by atoms with Gasteiger partial charge in [0.15, 0.2) is 0 Å². The normalized spacial score (nSPS) is 16.2. The first-order chi connectivity index (χ1) is 13.9. The van der Waals surface area contributed by atoms with Gasteiger partial charge in [-0.25, -0.2) is 18.2 Å². The second-order valence-corrected chi connectivity index (χ2v) is 9.87. The van der Waals surface area contributed by atoms with Gasteiger partial charge < -0.3 is 9.84 Å². The predicted molar refractivity (Wildman–Crippen MR) is 110 cm³/mol. The van der Waals surface area contributed by atoms with Crippen LogP contribution in [0.25, 0.3) is 10.2 Å². The summed E-state index contributed by atoms with van der Waals surface area (Å²) in [7, 11) is -2.43. The Morgan fingerprint density at radius 2 is 1.93 bits per heavy atom. The van der Waals surface area contributed by atoms with E-state index in [-0.39, 0.29) is 22.1 Å². The zero-order valence-corrected chi connectivity index (χ0v) is 17.4. The third-order valence-corrected chi connectivity index (χ3v) is 8.25. The second kappa shape index (κ2) is 7.74. The van der Waals surface area contributed by atoms with E-state index in [0.717, 1.165) is 21.3 Å². The van der Waals surface area contributed by atoms with Gasteiger partial charge in [-0.15, -0.1) is 11.3 Å². The van der Waals surface area contributed by atoms with Gasteiger partial charge in [-0.1, -0.05) is 12.1 Å². The molecule has 1 N–H and O–H groups in total. The van der Waals surface area contributed by atoms with Crippen LogP contribution in [0.3, 0.4) is 0 Å². The average molecular weight is 433 g/mol. The van der Waals surface area contributed by atoms with Gasteiger partial charge in [0.25, 0.3) is 0 Å². The van der Waals surface area contributed by atoms with Gasteiger partial charge in [-0.05, 0) is 43.2 Å². The van der Waals surface area contributed by atoms with Gasteiger partial charge in [0.05, 0.1) is 27.2 Å². The van der Waals surface area contributed by atoms with Crippen LogP contribution >= 0.6 is 11.3 Å². The van der Waals surface area contributed by atoms with Crippen LogP contribution < -0.4 is 4.74 Å². The van der Waals surface area contributed by atoms with Gasteiger partial charge in [0.2, 0.25) is 10.0 Å². The van der Waals surface area contributed by atoms with E-state index >= 15 is 0 Å². The number of hydrogen-bond acceptors (Lipinski definition) is 6. The number of rotatable bonds is 5. The Morgan fingerprint density at radius 3 is 2.59 bits per heavy atom. The molecule has 0 unspecified atom stereocenters. The van der Waals surface area contributed by atoms with E-state index in [1.54, 1.807) is 11.3 Å². The molecule has 29 heavy (non-hydrogen) atoms. The first-order valence-corrected chi connectivity index (χ1v) is 11.4. The molecule has 0 radical (unpaired) electrons. The van der Waals surface area contributed by atoms with Crippen molar-refractivity contribution in [3.8, 4) is 5.75 Å². The number of carboxylic acids is 1. The zero-order chi connectivity index (χ0) is 20.6.